The minimum Gasteiger partial charge on any atom is -0.456 e. The van der Waals surface area contributed by atoms with Crippen molar-refractivity contribution in [3.05, 3.63) is 0 Å². The van der Waals surface area contributed by atoms with Crippen molar-refractivity contribution >= 4 is 17.4 Å². The van der Waals surface area contributed by atoms with Crippen LogP contribution in [0.2, 0.25) is 32.2 Å². The standard InChI is InChI=1S/C12H25O2Si2/c1-15(2)14-16(3,4)8-7-10-5-6-11-12(9-10)13-11/h10-12H,5-9H2,1-4H3. The molecule has 1 saturated heterocycles. The van der Waals surface area contributed by atoms with Crippen LogP contribution in [0.5, 0.6) is 0 Å². The molecule has 2 fully saturated rings. The number of hydrogen-bond acceptors (Lipinski definition) is 2. The minimum absolute atomic E-state index is 0.509. The molecule has 1 heterocycles. The molecule has 3 unspecified atom stereocenters. The van der Waals surface area contributed by atoms with Gasteiger partial charge >= 0.3 is 0 Å². The molecule has 0 spiro atoms. The van der Waals surface area contributed by atoms with Crippen molar-refractivity contribution in [1.82, 2.24) is 0 Å². The van der Waals surface area contributed by atoms with Gasteiger partial charge in [-0.25, -0.2) is 0 Å². The van der Waals surface area contributed by atoms with Gasteiger partial charge in [0.1, 0.15) is 0 Å². The molecule has 1 aliphatic carbocycles. The Morgan fingerprint density at radius 1 is 1.25 bits per heavy atom. The maximum atomic E-state index is 6.18. The van der Waals surface area contributed by atoms with Crippen LogP contribution in [0, 0.1) is 5.92 Å². The maximum Gasteiger partial charge on any atom is 0.191 e. The predicted molar refractivity (Wildman–Crippen MR) is 71.5 cm³/mol. The maximum absolute atomic E-state index is 6.18. The lowest BCUT2D eigenvalue weighted by Gasteiger charge is -2.28. The Balaban J connectivity index is 1.69. The molecule has 2 rings (SSSR count). The Hall–Kier alpha value is 0.354. The minimum atomic E-state index is -1.35. The largest absolute Gasteiger partial charge is 0.456 e. The van der Waals surface area contributed by atoms with E-state index in [2.05, 4.69) is 26.2 Å². The molecule has 93 valence electrons. The van der Waals surface area contributed by atoms with E-state index in [0.29, 0.717) is 12.2 Å². The molecule has 0 bridgehead atoms. The first kappa shape index (κ1) is 12.8. The quantitative estimate of drug-likeness (QED) is 0.556. The van der Waals surface area contributed by atoms with Crippen LogP contribution in [0.25, 0.3) is 0 Å². The highest BCUT2D eigenvalue weighted by Crippen LogP contribution is 2.41. The van der Waals surface area contributed by atoms with Gasteiger partial charge in [0.25, 0.3) is 0 Å². The van der Waals surface area contributed by atoms with Gasteiger partial charge in [0, 0.05) is 0 Å². The van der Waals surface area contributed by atoms with Gasteiger partial charge < -0.3 is 8.85 Å². The van der Waals surface area contributed by atoms with Gasteiger partial charge in [-0.05, 0) is 57.4 Å². The van der Waals surface area contributed by atoms with E-state index >= 15 is 0 Å². The molecule has 2 nitrogen and oxygen atoms in total. The first-order valence-electron chi connectivity index (χ1n) is 6.61. The normalized spacial score (nSPS) is 33.9. The Morgan fingerprint density at radius 2 is 2.00 bits per heavy atom. The van der Waals surface area contributed by atoms with Crippen LogP contribution in [0.3, 0.4) is 0 Å². The van der Waals surface area contributed by atoms with Gasteiger partial charge in [0.2, 0.25) is 0 Å². The van der Waals surface area contributed by atoms with Crippen molar-refractivity contribution < 1.29 is 8.85 Å². The first-order chi connectivity index (χ1) is 7.46. The smallest absolute Gasteiger partial charge is 0.191 e. The molecule has 1 radical (unpaired) electrons. The third kappa shape index (κ3) is 3.69. The summed E-state index contributed by atoms with van der Waals surface area (Å²) < 4.78 is 11.8. The molecule has 2 aliphatic rings. The molecule has 16 heavy (non-hydrogen) atoms. The van der Waals surface area contributed by atoms with Crippen LogP contribution in [0.1, 0.15) is 25.7 Å². The van der Waals surface area contributed by atoms with Crippen LogP contribution >= 0.6 is 0 Å². The molecule has 3 atom stereocenters. The summed E-state index contributed by atoms with van der Waals surface area (Å²) in [6.07, 6.45) is 6.70. The average Bonchev–Trinajstić information content (AvgIpc) is 2.90. The van der Waals surface area contributed by atoms with Crippen molar-refractivity contribution in [3.8, 4) is 0 Å². The number of fused-ring (bicyclic) bond motifs is 1. The molecule has 1 aliphatic heterocycles. The SMILES string of the molecule is C[Si](C)O[Si](C)(C)CCC1CCC2OC2C1. The van der Waals surface area contributed by atoms with Crippen molar-refractivity contribution in [2.24, 2.45) is 5.92 Å². The van der Waals surface area contributed by atoms with Crippen LogP contribution in [0.15, 0.2) is 0 Å². The molecule has 0 aromatic heterocycles. The lowest BCUT2D eigenvalue weighted by atomic mass is 9.88. The summed E-state index contributed by atoms with van der Waals surface area (Å²) in [4.78, 5) is 0. The van der Waals surface area contributed by atoms with E-state index in [1.54, 1.807) is 0 Å². The van der Waals surface area contributed by atoms with E-state index < -0.39 is 17.4 Å². The Kier molecular flexibility index (Phi) is 3.94. The zero-order chi connectivity index (χ0) is 11.8. The van der Waals surface area contributed by atoms with Crippen LogP contribution in [-0.4, -0.2) is 29.6 Å². The molecule has 1 saturated carbocycles. The van der Waals surface area contributed by atoms with Gasteiger partial charge in [-0.2, -0.15) is 0 Å². The second-order valence-corrected chi connectivity index (χ2v) is 12.9. The second-order valence-electron chi connectivity index (χ2n) is 6.20. The summed E-state index contributed by atoms with van der Waals surface area (Å²) >= 11 is 0. The Morgan fingerprint density at radius 3 is 2.62 bits per heavy atom. The van der Waals surface area contributed by atoms with Crippen LogP contribution < -0.4 is 0 Å². The zero-order valence-corrected chi connectivity index (χ0v) is 13.1. The van der Waals surface area contributed by atoms with E-state index in [0.717, 1.165) is 5.92 Å². The van der Waals surface area contributed by atoms with E-state index in [-0.39, 0.29) is 0 Å². The summed E-state index contributed by atoms with van der Waals surface area (Å²) in [5.41, 5.74) is 0. The van der Waals surface area contributed by atoms with Gasteiger partial charge in [-0.15, -0.1) is 0 Å². The van der Waals surface area contributed by atoms with Crippen molar-refractivity contribution in [3.63, 3.8) is 0 Å². The molecular formula is C12H25O2Si2. The summed E-state index contributed by atoms with van der Waals surface area (Å²) in [6, 6.07) is 1.34. The zero-order valence-electron chi connectivity index (χ0n) is 11.1. The van der Waals surface area contributed by atoms with Crippen LogP contribution in [0.4, 0.5) is 0 Å². The number of rotatable bonds is 5. The molecule has 0 amide bonds. The van der Waals surface area contributed by atoms with Crippen molar-refractivity contribution in [2.75, 3.05) is 0 Å². The third-order valence-corrected chi connectivity index (χ3v) is 9.08. The topological polar surface area (TPSA) is 21.8 Å². The third-order valence-electron chi connectivity index (χ3n) is 3.75. The Bertz CT molecular complexity index is 243. The van der Waals surface area contributed by atoms with Gasteiger partial charge in [0.05, 0.1) is 12.2 Å². The first-order valence-corrected chi connectivity index (χ1v) is 12.1. The molecule has 0 aromatic rings. The van der Waals surface area contributed by atoms with Gasteiger partial charge in [-0.3, -0.25) is 0 Å². The Labute approximate surface area is 103 Å². The van der Waals surface area contributed by atoms with E-state index in [1.807, 2.05) is 0 Å². The number of epoxide rings is 1. The highest BCUT2D eigenvalue weighted by atomic mass is 28.4. The highest BCUT2D eigenvalue weighted by molar-refractivity contribution is 6.77. The summed E-state index contributed by atoms with van der Waals surface area (Å²) in [5.74, 6) is 0.920. The summed E-state index contributed by atoms with van der Waals surface area (Å²) in [5, 5.41) is 0. The molecule has 0 N–H and O–H groups in total. The van der Waals surface area contributed by atoms with Crippen LogP contribution in [-0.2, 0) is 8.85 Å². The number of hydrogen-bond donors (Lipinski definition) is 0. The van der Waals surface area contributed by atoms with Gasteiger partial charge in [-0.1, -0.05) is 6.42 Å². The molecule has 4 heteroatoms. The fourth-order valence-electron chi connectivity index (χ4n) is 2.90. The van der Waals surface area contributed by atoms with Crippen molar-refractivity contribution in [1.29, 1.82) is 0 Å². The fourth-order valence-corrected chi connectivity index (χ4v) is 8.84. The lowest BCUT2D eigenvalue weighted by molar-refractivity contribution is 0.355. The van der Waals surface area contributed by atoms with Gasteiger partial charge in [0.15, 0.2) is 17.4 Å². The number of ether oxygens (including phenoxy) is 1. The summed E-state index contributed by atoms with van der Waals surface area (Å²) in [7, 11) is -1.86. The van der Waals surface area contributed by atoms with E-state index in [4.69, 9.17) is 8.85 Å². The molecular weight excluding hydrogens is 232 g/mol. The monoisotopic (exact) mass is 257 g/mol. The summed E-state index contributed by atoms with van der Waals surface area (Å²) in [6.45, 7) is 9.26. The second kappa shape index (κ2) is 4.92. The van der Waals surface area contributed by atoms with E-state index in [9.17, 15) is 0 Å². The average molecular weight is 258 g/mol. The lowest BCUT2D eigenvalue weighted by Crippen LogP contribution is -2.35. The molecule has 0 aromatic carbocycles. The van der Waals surface area contributed by atoms with Crippen molar-refractivity contribution in [2.45, 2.75) is 70.1 Å². The van der Waals surface area contributed by atoms with E-state index in [1.165, 1.54) is 31.7 Å². The fraction of sp³-hybridized carbons (Fsp3) is 1.00. The highest BCUT2D eigenvalue weighted by Gasteiger charge is 2.43. The predicted octanol–water partition coefficient (Wildman–Crippen LogP) is 3.42.